The zero-order valence-corrected chi connectivity index (χ0v) is 16.9. The quantitative estimate of drug-likeness (QED) is 0.371. The number of anilines is 1. The van der Waals surface area contributed by atoms with Crippen molar-refractivity contribution in [3.05, 3.63) is 68.3 Å². The summed E-state index contributed by atoms with van der Waals surface area (Å²) in [6.07, 6.45) is 0. The van der Waals surface area contributed by atoms with Crippen LogP contribution < -0.4 is 15.4 Å². The maximum atomic E-state index is 12.9. The van der Waals surface area contributed by atoms with Crippen LogP contribution in [0.4, 0.5) is 21.9 Å². The maximum absolute atomic E-state index is 12.9. The molecule has 1 aliphatic heterocycles. The first-order chi connectivity index (χ1) is 15.1. The van der Waals surface area contributed by atoms with E-state index in [4.69, 9.17) is 4.74 Å². The molecular formula is C19H17N5O8. The molecule has 1 fully saturated rings. The smallest absolute Gasteiger partial charge is 0.325 e. The van der Waals surface area contributed by atoms with Gasteiger partial charge in [-0.1, -0.05) is 12.1 Å². The van der Waals surface area contributed by atoms with Gasteiger partial charge in [-0.25, -0.2) is 4.79 Å². The molecule has 3 rings (SSSR count). The number of ether oxygens (including phenoxy) is 1. The Hall–Kier alpha value is -4.55. The summed E-state index contributed by atoms with van der Waals surface area (Å²) in [7, 11) is 1.26. The molecular weight excluding hydrogens is 426 g/mol. The van der Waals surface area contributed by atoms with Crippen LogP contribution in [0.5, 0.6) is 5.75 Å². The summed E-state index contributed by atoms with van der Waals surface area (Å²) in [6.45, 7) is 0.721. The monoisotopic (exact) mass is 443 g/mol. The number of amides is 4. The molecule has 1 atom stereocenters. The Labute approximate surface area is 180 Å². The second kappa shape index (κ2) is 8.29. The molecule has 2 aromatic rings. The number of urea groups is 1. The van der Waals surface area contributed by atoms with Crippen LogP contribution in [0.25, 0.3) is 0 Å². The SMILES string of the molecule is COc1cc([N+](=O)[O-])ccc1NC(=O)CN1C(=O)NC(C)(c2cccc([N+](=O)[O-])c2)C1=O. The van der Waals surface area contributed by atoms with Gasteiger partial charge < -0.3 is 15.4 Å². The van der Waals surface area contributed by atoms with E-state index in [2.05, 4.69) is 10.6 Å². The van der Waals surface area contributed by atoms with E-state index in [0.717, 1.165) is 12.1 Å². The van der Waals surface area contributed by atoms with Gasteiger partial charge in [-0.15, -0.1) is 0 Å². The van der Waals surface area contributed by atoms with Crippen molar-refractivity contribution in [1.29, 1.82) is 0 Å². The van der Waals surface area contributed by atoms with Crippen molar-refractivity contribution in [2.75, 3.05) is 19.0 Å². The van der Waals surface area contributed by atoms with E-state index in [0.29, 0.717) is 4.90 Å². The van der Waals surface area contributed by atoms with Crippen LogP contribution in [-0.2, 0) is 15.1 Å². The highest BCUT2D eigenvalue weighted by Gasteiger charge is 2.49. The fourth-order valence-electron chi connectivity index (χ4n) is 3.20. The van der Waals surface area contributed by atoms with E-state index in [-0.39, 0.29) is 28.4 Å². The molecule has 1 heterocycles. The zero-order valence-electron chi connectivity index (χ0n) is 16.9. The molecule has 2 N–H and O–H groups in total. The number of hydrogen-bond donors (Lipinski definition) is 2. The molecule has 32 heavy (non-hydrogen) atoms. The second-order valence-corrected chi connectivity index (χ2v) is 6.94. The van der Waals surface area contributed by atoms with E-state index in [1.807, 2.05) is 0 Å². The van der Waals surface area contributed by atoms with E-state index in [1.54, 1.807) is 0 Å². The Bertz CT molecular complexity index is 1150. The molecule has 0 saturated carbocycles. The van der Waals surface area contributed by atoms with Gasteiger partial charge in [0.1, 0.15) is 17.8 Å². The average Bonchev–Trinajstić information content (AvgIpc) is 2.97. The molecule has 4 amide bonds. The number of nitrogens with one attached hydrogen (secondary N) is 2. The number of nitrogens with zero attached hydrogens (tertiary/aromatic N) is 3. The van der Waals surface area contributed by atoms with E-state index < -0.39 is 39.8 Å². The third kappa shape index (κ3) is 4.03. The van der Waals surface area contributed by atoms with Crippen molar-refractivity contribution < 1.29 is 29.0 Å². The first-order valence-corrected chi connectivity index (χ1v) is 9.08. The third-order valence-electron chi connectivity index (χ3n) is 4.88. The first kappa shape index (κ1) is 22.1. The second-order valence-electron chi connectivity index (χ2n) is 6.94. The topological polar surface area (TPSA) is 174 Å². The van der Waals surface area contributed by atoms with Gasteiger partial charge in [-0.05, 0) is 18.6 Å². The molecule has 0 aliphatic carbocycles. The molecule has 0 aromatic heterocycles. The van der Waals surface area contributed by atoms with Crippen molar-refractivity contribution in [3.63, 3.8) is 0 Å². The number of carbonyl (C=O) groups is 3. The standard InChI is InChI=1S/C19H17N5O8/c1-19(11-4-3-5-12(8-11)23(28)29)17(26)22(18(27)21-19)10-16(25)20-14-7-6-13(24(30)31)9-15(14)32-2/h3-9H,10H2,1-2H3,(H,20,25)(H,21,27). The number of carbonyl (C=O) groups excluding carboxylic acids is 3. The Morgan fingerprint density at radius 3 is 2.41 bits per heavy atom. The lowest BCUT2D eigenvalue weighted by Crippen LogP contribution is -2.42. The molecule has 1 saturated heterocycles. The molecule has 166 valence electrons. The van der Waals surface area contributed by atoms with Crippen molar-refractivity contribution in [2.45, 2.75) is 12.5 Å². The highest BCUT2D eigenvalue weighted by molar-refractivity contribution is 6.10. The van der Waals surface area contributed by atoms with Crippen LogP contribution in [0.15, 0.2) is 42.5 Å². The lowest BCUT2D eigenvalue weighted by atomic mass is 9.91. The minimum Gasteiger partial charge on any atom is -0.494 e. The fourth-order valence-corrected chi connectivity index (χ4v) is 3.20. The summed E-state index contributed by atoms with van der Waals surface area (Å²) in [5.41, 5.74) is -1.82. The van der Waals surface area contributed by atoms with Gasteiger partial charge in [0.2, 0.25) is 5.91 Å². The summed E-state index contributed by atoms with van der Waals surface area (Å²) < 4.78 is 5.04. The Balaban J connectivity index is 1.78. The number of benzene rings is 2. The Kier molecular flexibility index (Phi) is 5.74. The molecule has 13 nitrogen and oxygen atoms in total. The zero-order chi connectivity index (χ0) is 23.6. The molecule has 0 radical (unpaired) electrons. The van der Waals surface area contributed by atoms with Gasteiger partial charge in [0.15, 0.2) is 0 Å². The van der Waals surface area contributed by atoms with Crippen LogP contribution in [0.1, 0.15) is 12.5 Å². The van der Waals surface area contributed by atoms with Crippen LogP contribution in [-0.4, -0.2) is 46.2 Å². The fraction of sp³-hybridized carbons (Fsp3) is 0.211. The van der Waals surface area contributed by atoms with Gasteiger partial charge >= 0.3 is 6.03 Å². The van der Waals surface area contributed by atoms with Gasteiger partial charge in [-0.3, -0.25) is 34.7 Å². The number of hydrogen-bond acceptors (Lipinski definition) is 8. The van der Waals surface area contributed by atoms with E-state index in [1.165, 1.54) is 44.4 Å². The summed E-state index contributed by atoms with van der Waals surface area (Å²) in [4.78, 5) is 59.1. The minimum atomic E-state index is -1.60. The largest absolute Gasteiger partial charge is 0.494 e. The van der Waals surface area contributed by atoms with Gasteiger partial charge in [0.25, 0.3) is 17.3 Å². The maximum Gasteiger partial charge on any atom is 0.325 e. The first-order valence-electron chi connectivity index (χ1n) is 9.08. The molecule has 1 unspecified atom stereocenters. The lowest BCUT2D eigenvalue weighted by molar-refractivity contribution is -0.385. The number of imide groups is 1. The lowest BCUT2D eigenvalue weighted by Gasteiger charge is -2.22. The average molecular weight is 443 g/mol. The Morgan fingerprint density at radius 2 is 1.78 bits per heavy atom. The Morgan fingerprint density at radius 1 is 1.12 bits per heavy atom. The van der Waals surface area contributed by atoms with Crippen molar-refractivity contribution in [1.82, 2.24) is 10.2 Å². The number of nitro groups is 2. The van der Waals surface area contributed by atoms with Gasteiger partial charge in [0.05, 0.1) is 28.7 Å². The molecule has 13 heteroatoms. The normalized spacial score (nSPS) is 17.6. The van der Waals surface area contributed by atoms with Crippen LogP contribution in [0.3, 0.4) is 0 Å². The highest BCUT2D eigenvalue weighted by atomic mass is 16.6. The van der Waals surface area contributed by atoms with Crippen molar-refractivity contribution >= 4 is 34.9 Å². The number of non-ortho nitro benzene ring substituents is 2. The van der Waals surface area contributed by atoms with Crippen molar-refractivity contribution in [2.24, 2.45) is 0 Å². The predicted molar refractivity (Wildman–Crippen MR) is 109 cm³/mol. The molecule has 2 aromatic carbocycles. The molecule has 0 spiro atoms. The van der Waals surface area contributed by atoms with Gasteiger partial charge in [-0.2, -0.15) is 0 Å². The summed E-state index contributed by atoms with van der Waals surface area (Å²) in [6, 6.07) is 7.93. The van der Waals surface area contributed by atoms with Crippen LogP contribution >= 0.6 is 0 Å². The predicted octanol–water partition coefficient (Wildman–Crippen LogP) is 1.92. The number of rotatable bonds is 7. The van der Waals surface area contributed by atoms with E-state index in [9.17, 15) is 34.6 Å². The minimum absolute atomic E-state index is 0.0196. The van der Waals surface area contributed by atoms with Gasteiger partial charge in [0, 0.05) is 18.2 Å². The summed E-state index contributed by atoms with van der Waals surface area (Å²) in [5.74, 6) is -1.51. The number of methoxy groups -OCH3 is 1. The molecule has 0 bridgehead atoms. The number of nitro benzene ring substituents is 2. The van der Waals surface area contributed by atoms with E-state index >= 15 is 0 Å². The van der Waals surface area contributed by atoms with Crippen LogP contribution in [0.2, 0.25) is 0 Å². The molecule has 1 aliphatic rings. The van der Waals surface area contributed by atoms with Crippen LogP contribution in [0, 0.1) is 20.2 Å². The summed E-state index contributed by atoms with van der Waals surface area (Å²) in [5, 5.41) is 26.8. The third-order valence-corrected chi connectivity index (χ3v) is 4.88. The summed E-state index contributed by atoms with van der Waals surface area (Å²) >= 11 is 0. The highest BCUT2D eigenvalue weighted by Crippen LogP contribution is 2.32. The van der Waals surface area contributed by atoms with Crippen molar-refractivity contribution in [3.8, 4) is 5.75 Å².